The minimum Gasteiger partial charge on any atom is -0.351 e. The maximum absolute atomic E-state index is 13.1. The van der Waals surface area contributed by atoms with E-state index in [1.54, 1.807) is 0 Å². The zero-order valence-electron chi connectivity index (χ0n) is 15.1. The number of amides is 2. The minimum atomic E-state index is -0.695. The summed E-state index contributed by atoms with van der Waals surface area (Å²) in [5, 5.41) is 9.12. The van der Waals surface area contributed by atoms with Gasteiger partial charge in [-0.25, -0.2) is 4.39 Å². The summed E-state index contributed by atoms with van der Waals surface area (Å²) < 4.78 is 13.1. The number of benzene rings is 2. The fourth-order valence-corrected chi connectivity index (χ4v) is 3.17. The number of carbonyl (C=O) groups is 2. The molecule has 3 rings (SSSR count). The molecular weight excluding hydrogens is 345 g/mol. The molecule has 1 saturated heterocycles. The van der Waals surface area contributed by atoms with Crippen LogP contribution in [0, 0.1) is 5.82 Å². The summed E-state index contributed by atoms with van der Waals surface area (Å²) in [5.74, 6) is -0.992. The van der Waals surface area contributed by atoms with Crippen molar-refractivity contribution in [1.29, 1.82) is 0 Å². The first-order valence-electron chi connectivity index (χ1n) is 9.23. The number of hydrogen-bond acceptors (Lipinski definition) is 3. The maximum Gasteiger partial charge on any atom is 0.251 e. The van der Waals surface area contributed by atoms with Crippen LogP contribution in [0.25, 0.3) is 0 Å². The van der Waals surface area contributed by atoms with Crippen LogP contribution in [-0.2, 0) is 11.2 Å². The third-order valence-electron chi connectivity index (χ3n) is 4.70. The normalized spacial score (nSPS) is 15.7. The fraction of sp³-hybridized carbons (Fsp3) is 0.333. The largest absolute Gasteiger partial charge is 0.351 e. The molecule has 0 saturated carbocycles. The van der Waals surface area contributed by atoms with Gasteiger partial charge >= 0.3 is 0 Å². The summed E-state index contributed by atoms with van der Waals surface area (Å²) in [6.07, 6.45) is 2.13. The molecule has 1 fully saturated rings. The van der Waals surface area contributed by atoms with Gasteiger partial charge in [0.05, 0.1) is 0 Å². The highest BCUT2D eigenvalue weighted by atomic mass is 19.1. The van der Waals surface area contributed by atoms with Crippen LogP contribution in [0.3, 0.4) is 0 Å². The van der Waals surface area contributed by atoms with E-state index in [2.05, 4.69) is 16.0 Å². The first-order valence-corrected chi connectivity index (χ1v) is 9.23. The van der Waals surface area contributed by atoms with Crippen LogP contribution in [0.1, 0.15) is 28.8 Å². The molecule has 0 radical (unpaired) electrons. The Morgan fingerprint density at radius 3 is 2.37 bits per heavy atom. The molecule has 1 aliphatic rings. The first kappa shape index (κ1) is 19.0. The highest BCUT2D eigenvalue weighted by Gasteiger charge is 2.25. The van der Waals surface area contributed by atoms with Gasteiger partial charge in [-0.1, -0.05) is 30.3 Å². The van der Waals surface area contributed by atoms with Gasteiger partial charge in [0, 0.05) is 18.0 Å². The lowest BCUT2D eigenvalue weighted by Crippen LogP contribution is -2.52. The molecule has 0 aromatic heterocycles. The van der Waals surface area contributed by atoms with Crippen molar-refractivity contribution in [1.82, 2.24) is 16.0 Å². The highest BCUT2D eigenvalue weighted by Crippen LogP contribution is 2.09. The lowest BCUT2D eigenvalue weighted by atomic mass is 10.0. The van der Waals surface area contributed by atoms with Crippen LogP contribution >= 0.6 is 0 Å². The highest BCUT2D eigenvalue weighted by molar-refractivity contribution is 5.97. The molecule has 0 spiro atoms. The third-order valence-corrected chi connectivity index (χ3v) is 4.70. The third kappa shape index (κ3) is 5.62. The molecule has 1 aliphatic heterocycles. The number of carbonyl (C=O) groups excluding carboxylic acids is 2. The summed E-state index contributed by atoms with van der Waals surface area (Å²) in [4.78, 5) is 25.4. The molecule has 142 valence electrons. The van der Waals surface area contributed by atoms with E-state index < -0.39 is 17.8 Å². The average molecular weight is 369 g/mol. The Labute approximate surface area is 158 Å². The number of halogens is 1. The van der Waals surface area contributed by atoms with E-state index in [0.29, 0.717) is 12.0 Å². The maximum atomic E-state index is 13.1. The zero-order chi connectivity index (χ0) is 19.1. The van der Waals surface area contributed by atoms with Crippen molar-refractivity contribution >= 4 is 11.8 Å². The van der Waals surface area contributed by atoms with Gasteiger partial charge in [-0.05, 0) is 55.8 Å². The molecule has 2 aromatic carbocycles. The van der Waals surface area contributed by atoms with Gasteiger partial charge in [-0.15, -0.1) is 0 Å². The fourth-order valence-electron chi connectivity index (χ4n) is 3.17. The van der Waals surface area contributed by atoms with Gasteiger partial charge in [0.15, 0.2) is 0 Å². The summed E-state index contributed by atoms with van der Waals surface area (Å²) in [5.41, 5.74) is 1.28. The molecule has 0 aliphatic carbocycles. The van der Waals surface area contributed by atoms with Crippen LogP contribution in [0.2, 0.25) is 0 Å². The topological polar surface area (TPSA) is 70.2 Å². The second-order valence-corrected chi connectivity index (χ2v) is 6.76. The van der Waals surface area contributed by atoms with E-state index in [1.165, 1.54) is 24.3 Å². The van der Waals surface area contributed by atoms with Crippen LogP contribution in [0.4, 0.5) is 4.39 Å². The Morgan fingerprint density at radius 2 is 1.70 bits per heavy atom. The van der Waals surface area contributed by atoms with Gasteiger partial charge in [0.1, 0.15) is 11.9 Å². The number of hydrogen-bond donors (Lipinski definition) is 3. The molecule has 2 aromatic rings. The first-order chi connectivity index (χ1) is 13.1. The second-order valence-electron chi connectivity index (χ2n) is 6.76. The Kier molecular flexibility index (Phi) is 6.54. The van der Waals surface area contributed by atoms with Gasteiger partial charge in [-0.2, -0.15) is 0 Å². The van der Waals surface area contributed by atoms with Gasteiger partial charge in [0.2, 0.25) is 5.91 Å². The Balaban J connectivity index is 1.70. The van der Waals surface area contributed by atoms with Crippen molar-refractivity contribution < 1.29 is 14.0 Å². The predicted molar refractivity (Wildman–Crippen MR) is 102 cm³/mol. The van der Waals surface area contributed by atoms with Crippen molar-refractivity contribution in [3.05, 3.63) is 71.5 Å². The molecule has 27 heavy (non-hydrogen) atoms. The quantitative estimate of drug-likeness (QED) is 0.730. The van der Waals surface area contributed by atoms with Crippen LogP contribution in [-0.4, -0.2) is 37.0 Å². The van der Waals surface area contributed by atoms with Gasteiger partial charge < -0.3 is 16.0 Å². The second kappa shape index (κ2) is 9.28. The molecule has 6 heteroatoms. The molecule has 1 atom stereocenters. The smallest absolute Gasteiger partial charge is 0.251 e. The van der Waals surface area contributed by atoms with Crippen molar-refractivity contribution in [2.75, 3.05) is 13.1 Å². The molecule has 2 amide bonds. The van der Waals surface area contributed by atoms with Crippen LogP contribution in [0.15, 0.2) is 54.6 Å². The van der Waals surface area contributed by atoms with Crippen LogP contribution in [0.5, 0.6) is 0 Å². The summed E-state index contributed by atoms with van der Waals surface area (Å²) >= 11 is 0. The Hall–Kier alpha value is -2.73. The van der Waals surface area contributed by atoms with E-state index in [9.17, 15) is 14.0 Å². The van der Waals surface area contributed by atoms with Gasteiger partial charge in [-0.3, -0.25) is 9.59 Å². The Morgan fingerprint density at radius 1 is 1.04 bits per heavy atom. The van der Waals surface area contributed by atoms with Crippen molar-refractivity contribution in [3.63, 3.8) is 0 Å². The van der Waals surface area contributed by atoms with Crippen molar-refractivity contribution in [2.24, 2.45) is 0 Å². The predicted octanol–water partition coefficient (Wildman–Crippen LogP) is 2.03. The summed E-state index contributed by atoms with van der Waals surface area (Å²) in [7, 11) is 0. The molecule has 0 bridgehead atoms. The number of nitrogens with one attached hydrogen (secondary N) is 3. The van der Waals surface area contributed by atoms with Gasteiger partial charge in [0.25, 0.3) is 5.91 Å². The average Bonchev–Trinajstić information content (AvgIpc) is 2.69. The zero-order valence-corrected chi connectivity index (χ0v) is 15.1. The van der Waals surface area contributed by atoms with E-state index in [4.69, 9.17) is 0 Å². The Bertz CT molecular complexity index is 759. The van der Waals surface area contributed by atoms with Crippen LogP contribution < -0.4 is 16.0 Å². The van der Waals surface area contributed by atoms with Crippen molar-refractivity contribution in [2.45, 2.75) is 31.3 Å². The SMILES string of the molecule is O=C(NC(Cc1ccccc1)C(=O)NC1CCNCC1)c1ccc(F)cc1. The standard InChI is InChI=1S/C21H24FN3O2/c22-17-8-6-16(7-9-17)20(26)25-19(14-15-4-2-1-3-5-15)21(27)24-18-10-12-23-13-11-18/h1-9,18-19,23H,10-14H2,(H,24,27)(H,25,26). The lowest BCUT2D eigenvalue weighted by molar-refractivity contribution is -0.123. The summed E-state index contributed by atoms with van der Waals surface area (Å²) in [6.45, 7) is 1.74. The van der Waals surface area contributed by atoms with E-state index in [-0.39, 0.29) is 11.9 Å². The number of piperidine rings is 1. The molecular formula is C21H24FN3O2. The summed E-state index contributed by atoms with van der Waals surface area (Å²) in [6, 6.07) is 14.3. The molecule has 1 heterocycles. The van der Waals surface area contributed by atoms with Crippen molar-refractivity contribution in [3.8, 4) is 0 Å². The van der Waals surface area contributed by atoms with E-state index >= 15 is 0 Å². The molecule has 3 N–H and O–H groups in total. The minimum absolute atomic E-state index is 0.111. The van der Waals surface area contributed by atoms with E-state index in [1.807, 2.05) is 30.3 Å². The number of rotatable bonds is 6. The monoisotopic (exact) mass is 369 g/mol. The lowest BCUT2D eigenvalue weighted by Gasteiger charge is -2.26. The van der Waals surface area contributed by atoms with E-state index in [0.717, 1.165) is 31.5 Å². The molecule has 5 nitrogen and oxygen atoms in total. The molecule has 1 unspecified atom stereocenters.